The molecule has 8 heteroatoms. The van der Waals surface area contributed by atoms with Gasteiger partial charge in [0, 0.05) is 42.8 Å². The smallest absolute Gasteiger partial charge is 0.378 e. The molecule has 150 valence electrons. The summed E-state index contributed by atoms with van der Waals surface area (Å²) in [7, 11) is 1.69. The van der Waals surface area contributed by atoms with Gasteiger partial charge in [0.25, 0.3) is 5.91 Å². The van der Waals surface area contributed by atoms with E-state index in [1.807, 2.05) is 24.3 Å². The number of alkyl halides is 3. The van der Waals surface area contributed by atoms with Crippen LogP contribution in [-0.4, -0.2) is 49.7 Å². The topological polar surface area (TPSA) is 32.8 Å². The zero-order valence-electron chi connectivity index (χ0n) is 15.4. The largest absolute Gasteiger partial charge is 0.446 e. The second-order valence-electron chi connectivity index (χ2n) is 6.46. The highest BCUT2D eigenvalue weighted by Crippen LogP contribution is 2.36. The van der Waals surface area contributed by atoms with Crippen LogP contribution in [0.1, 0.15) is 15.9 Å². The third-order valence-corrected chi connectivity index (χ3v) is 5.17. The summed E-state index contributed by atoms with van der Waals surface area (Å²) >= 11 is -0.191. The van der Waals surface area contributed by atoms with E-state index < -0.39 is 5.51 Å². The second-order valence-corrected chi connectivity index (χ2v) is 7.60. The van der Waals surface area contributed by atoms with E-state index in [4.69, 9.17) is 4.74 Å². The fourth-order valence-corrected chi connectivity index (χ4v) is 3.64. The van der Waals surface area contributed by atoms with Crippen LogP contribution in [0, 0.1) is 0 Å². The molecule has 0 unspecified atom stereocenters. The van der Waals surface area contributed by atoms with E-state index in [1.54, 1.807) is 11.9 Å². The number of rotatable bonds is 5. The Morgan fingerprint density at radius 2 is 1.75 bits per heavy atom. The number of para-hydroxylation sites is 1. The van der Waals surface area contributed by atoms with Crippen molar-refractivity contribution in [1.29, 1.82) is 0 Å². The van der Waals surface area contributed by atoms with E-state index in [9.17, 15) is 18.0 Å². The van der Waals surface area contributed by atoms with Crippen LogP contribution in [0.5, 0.6) is 0 Å². The van der Waals surface area contributed by atoms with E-state index in [1.165, 1.54) is 24.3 Å². The number of ether oxygens (including phenoxy) is 1. The molecule has 4 nitrogen and oxygen atoms in total. The minimum atomic E-state index is -4.34. The molecule has 1 amide bonds. The minimum Gasteiger partial charge on any atom is -0.378 e. The molecule has 3 rings (SSSR count). The number of morpholine rings is 1. The number of thioether (sulfide) groups is 1. The molecule has 0 atom stereocenters. The van der Waals surface area contributed by atoms with Gasteiger partial charge in [-0.05, 0) is 47.7 Å². The van der Waals surface area contributed by atoms with Crippen molar-refractivity contribution in [3.8, 4) is 0 Å². The van der Waals surface area contributed by atoms with Gasteiger partial charge in [0.05, 0.1) is 13.2 Å². The maximum absolute atomic E-state index is 12.7. The van der Waals surface area contributed by atoms with Gasteiger partial charge in [-0.25, -0.2) is 0 Å². The van der Waals surface area contributed by atoms with Crippen molar-refractivity contribution in [2.45, 2.75) is 16.9 Å². The molecule has 0 N–H and O–H groups in total. The van der Waals surface area contributed by atoms with Crippen LogP contribution in [-0.2, 0) is 11.3 Å². The first-order valence-electron chi connectivity index (χ1n) is 8.85. The Hall–Kier alpha value is -2.19. The van der Waals surface area contributed by atoms with Gasteiger partial charge >= 0.3 is 5.51 Å². The zero-order valence-corrected chi connectivity index (χ0v) is 16.2. The molecule has 0 radical (unpaired) electrons. The van der Waals surface area contributed by atoms with Gasteiger partial charge in [-0.1, -0.05) is 18.2 Å². The summed E-state index contributed by atoms with van der Waals surface area (Å²) in [5.74, 6) is -0.236. The molecule has 2 aromatic rings. The average Bonchev–Trinajstić information content (AvgIpc) is 2.68. The van der Waals surface area contributed by atoms with Crippen LogP contribution in [0.4, 0.5) is 18.9 Å². The summed E-state index contributed by atoms with van der Waals surface area (Å²) < 4.78 is 42.7. The number of hydrogen-bond donors (Lipinski definition) is 0. The molecule has 0 spiro atoms. The van der Waals surface area contributed by atoms with Crippen LogP contribution >= 0.6 is 11.8 Å². The van der Waals surface area contributed by atoms with Gasteiger partial charge in [-0.15, -0.1) is 0 Å². The number of hydrogen-bond acceptors (Lipinski definition) is 4. The molecule has 28 heavy (non-hydrogen) atoms. The first kappa shape index (κ1) is 20.5. The molecular formula is C20H21F3N2O2S. The highest BCUT2D eigenvalue weighted by Gasteiger charge is 2.29. The molecule has 1 saturated heterocycles. The third kappa shape index (κ3) is 5.42. The lowest BCUT2D eigenvalue weighted by Gasteiger charge is -2.31. The van der Waals surface area contributed by atoms with Crippen molar-refractivity contribution in [3.05, 3.63) is 59.7 Å². The second kappa shape index (κ2) is 8.87. The van der Waals surface area contributed by atoms with E-state index in [2.05, 4.69) is 4.90 Å². The predicted molar refractivity (Wildman–Crippen MR) is 104 cm³/mol. The number of benzene rings is 2. The third-order valence-electron chi connectivity index (χ3n) is 4.43. The number of carbonyl (C=O) groups excluding carboxylic acids is 1. The lowest BCUT2D eigenvalue weighted by molar-refractivity contribution is -0.0328. The molecule has 1 heterocycles. The van der Waals surface area contributed by atoms with E-state index >= 15 is 0 Å². The van der Waals surface area contributed by atoms with Gasteiger partial charge in [0.1, 0.15) is 0 Å². The molecule has 1 aliphatic rings. The van der Waals surface area contributed by atoms with E-state index in [-0.39, 0.29) is 22.6 Å². The number of nitrogens with zero attached hydrogens (tertiary/aromatic N) is 2. The highest BCUT2D eigenvalue weighted by atomic mass is 32.2. The summed E-state index contributed by atoms with van der Waals surface area (Å²) in [6, 6.07) is 13.4. The molecule has 1 aliphatic heterocycles. The number of carbonyl (C=O) groups is 1. The molecule has 0 aliphatic carbocycles. The first-order valence-corrected chi connectivity index (χ1v) is 9.67. The van der Waals surface area contributed by atoms with Crippen LogP contribution in [0.2, 0.25) is 0 Å². The van der Waals surface area contributed by atoms with Gasteiger partial charge in [0.15, 0.2) is 0 Å². The van der Waals surface area contributed by atoms with Gasteiger partial charge in [-0.2, -0.15) is 13.2 Å². The van der Waals surface area contributed by atoms with Crippen molar-refractivity contribution >= 4 is 23.4 Å². The van der Waals surface area contributed by atoms with E-state index in [0.717, 1.165) is 24.3 Å². The standard InChI is InChI=1S/C20H21F3N2O2S/c1-24(19(26)15-6-8-17(9-7-15)28-20(21,22)23)14-16-4-2-3-5-18(16)25-10-12-27-13-11-25/h2-9H,10-14H2,1H3. The Morgan fingerprint density at radius 3 is 2.39 bits per heavy atom. The number of halogens is 3. The van der Waals surface area contributed by atoms with Gasteiger partial charge in [0.2, 0.25) is 0 Å². The van der Waals surface area contributed by atoms with Crippen LogP contribution in [0.25, 0.3) is 0 Å². The fraction of sp³-hybridized carbons (Fsp3) is 0.350. The maximum Gasteiger partial charge on any atom is 0.446 e. The summed E-state index contributed by atoms with van der Waals surface area (Å²) in [5.41, 5.74) is -1.89. The van der Waals surface area contributed by atoms with Crippen LogP contribution < -0.4 is 4.90 Å². The molecule has 2 aromatic carbocycles. The monoisotopic (exact) mass is 410 g/mol. The van der Waals surface area contributed by atoms with E-state index in [0.29, 0.717) is 25.3 Å². The Kier molecular flexibility index (Phi) is 6.51. The summed E-state index contributed by atoms with van der Waals surface area (Å²) in [6.45, 7) is 3.35. The number of anilines is 1. The van der Waals surface area contributed by atoms with Crippen molar-refractivity contribution in [2.24, 2.45) is 0 Å². The predicted octanol–water partition coefficient (Wildman–Crippen LogP) is 4.41. The van der Waals surface area contributed by atoms with Crippen molar-refractivity contribution in [3.63, 3.8) is 0 Å². The maximum atomic E-state index is 12.7. The minimum absolute atomic E-state index is 0.0596. The zero-order chi connectivity index (χ0) is 20.1. The van der Waals surface area contributed by atoms with Crippen molar-refractivity contribution in [1.82, 2.24) is 4.90 Å². The summed E-state index contributed by atoms with van der Waals surface area (Å²) in [6.07, 6.45) is 0. The van der Waals surface area contributed by atoms with Crippen LogP contribution in [0.15, 0.2) is 53.4 Å². The normalized spacial score (nSPS) is 14.8. The lowest BCUT2D eigenvalue weighted by atomic mass is 10.1. The van der Waals surface area contributed by atoms with Gasteiger partial charge in [-0.3, -0.25) is 4.79 Å². The van der Waals surface area contributed by atoms with Crippen LogP contribution in [0.3, 0.4) is 0 Å². The first-order chi connectivity index (χ1) is 13.3. The Labute approximate surface area is 166 Å². The Balaban J connectivity index is 1.69. The van der Waals surface area contributed by atoms with Gasteiger partial charge < -0.3 is 14.5 Å². The number of amides is 1. The molecule has 0 saturated carbocycles. The molecule has 0 bridgehead atoms. The molecule has 0 aromatic heterocycles. The van der Waals surface area contributed by atoms with Crippen molar-refractivity contribution < 1.29 is 22.7 Å². The SMILES string of the molecule is CN(Cc1ccccc1N1CCOCC1)C(=O)c1ccc(SC(F)(F)F)cc1. The quantitative estimate of drug-likeness (QED) is 0.684. The lowest BCUT2D eigenvalue weighted by Crippen LogP contribution is -2.37. The Morgan fingerprint density at radius 1 is 1.11 bits per heavy atom. The Bertz CT molecular complexity index is 806. The molecular weight excluding hydrogens is 389 g/mol. The summed E-state index contributed by atoms with van der Waals surface area (Å²) in [4.78, 5) is 16.6. The average molecular weight is 410 g/mol. The fourth-order valence-electron chi connectivity index (χ4n) is 3.10. The highest BCUT2D eigenvalue weighted by molar-refractivity contribution is 8.00. The molecule has 1 fully saturated rings. The van der Waals surface area contributed by atoms with Crippen molar-refractivity contribution in [2.75, 3.05) is 38.3 Å². The summed E-state index contributed by atoms with van der Waals surface area (Å²) in [5, 5.41) is 0.